The second-order valence-corrected chi connectivity index (χ2v) is 5.78. The third-order valence-electron chi connectivity index (χ3n) is 3.66. The monoisotopic (exact) mass is 219 g/mol. The maximum Gasteiger partial charge on any atom is 0.128 e. The molecule has 0 bridgehead atoms. The van der Waals surface area contributed by atoms with Crippen molar-refractivity contribution < 1.29 is 0 Å². The quantitative estimate of drug-likeness (QED) is 0.510. The highest BCUT2D eigenvalue weighted by molar-refractivity contribution is 6.51. The molecule has 0 aromatic rings. The number of nitrogens with zero attached hydrogens (tertiary/aromatic N) is 1. The third kappa shape index (κ3) is 1.25. The normalized spacial score (nSPS) is 42.5. The first-order chi connectivity index (χ1) is 6.02. The van der Waals surface area contributed by atoms with E-state index in [0.29, 0.717) is 5.92 Å². The fourth-order valence-corrected chi connectivity index (χ4v) is 3.38. The summed E-state index contributed by atoms with van der Waals surface area (Å²) in [5.74, 6) is 0.456. The second-order valence-electron chi connectivity index (χ2n) is 4.39. The Kier molecular flexibility index (Phi) is 2.18. The average molecular weight is 220 g/mol. The highest BCUT2D eigenvalue weighted by Gasteiger charge is 2.73. The molecule has 1 heterocycles. The minimum Gasteiger partial charge on any atom is -0.299 e. The summed E-state index contributed by atoms with van der Waals surface area (Å²) in [4.78, 5) is 2.37. The Hall–Kier alpha value is 0.280. The van der Waals surface area contributed by atoms with Gasteiger partial charge in [-0.05, 0) is 13.0 Å². The van der Waals surface area contributed by atoms with E-state index in [1.54, 1.807) is 0 Å². The lowest BCUT2D eigenvalue weighted by Crippen LogP contribution is -2.33. The van der Waals surface area contributed by atoms with Crippen LogP contribution in [0.5, 0.6) is 0 Å². The van der Waals surface area contributed by atoms with Crippen molar-refractivity contribution in [2.24, 2.45) is 11.3 Å². The summed E-state index contributed by atoms with van der Waals surface area (Å²) >= 11 is 12.5. The highest BCUT2D eigenvalue weighted by Crippen LogP contribution is 2.72. The Morgan fingerprint density at radius 2 is 2.31 bits per heavy atom. The second kappa shape index (κ2) is 2.88. The van der Waals surface area contributed by atoms with Gasteiger partial charge in [-0.3, -0.25) is 4.90 Å². The topological polar surface area (TPSA) is 3.24 Å². The van der Waals surface area contributed by atoms with Gasteiger partial charge in [0.2, 0.25) is 0 Å². The maximum atomic E-state index is 6.23. The molecule has 74 valence electrons. The van der Waals surface area contributed by atoms with Gasteiger partial charge in [0, 0.05) is 24.4 Å². The molecule has 2 unspecified atom stereocenters. The fourth-order valence-electron chi connectivity index (χ4n) is 2.42. The molecule has 1 nitrogen and oxygen atoms in total. The Labute approximate surface area is 89.7 Å². The lowest BCUT2D eigenvalue weighted by molar-refractivity contribution is 0.203. The summed E-state index contributed by atoms with van der Waals surface area (Å²) in [5.41, 5.74) is 0.174. The molecule has 2 aliphatic rings. The first kappa shape index (κ1) is 9.82. The van der Waals surface area contributed by atoms with Gasteiger partial charge in [0.1, 0.15) is 4.33 Å². The zero-order chi connectivity index (χ0) is 9.69. The van der Waals surface area contributed by atoms with Crippen LogP contribution in [0.3, 0.4) is 0 Å². The molecule has 13 heavy (non-hydrogen) atoms. The summed E-state index contributed by atoms with van der Waals surface area (Å²) in [6.45, 7) is 9.01. The first-order valence-electron chi connectivity index (χ1n) is 4.73. The van der Waals surface area contributed by atoms with Crippen LogP contribution in [0.4, 0.5) is 0 Å². The van der Waals surface area contributed by atoms with Crippen molar-refractivity contribution in [3.63, 3.8) is 0 Å². The smallest absolute Gasteiger partial charge is 0.128 e. The van der Waals surface area contributed by atoms with Crippen molar-refractivity contribution in [2.75, 3.05) is 19.6 Å². The van der Waals surface area contributed by atoms with Gasteiger partial charge in [0.25, 0.3) is 0 Å². The molecule has 1 aliphatic carbocycles. The molecular formula is C10H15Cl2N. The van der Waals surface area contributed by atoms with Gasteiger partial charge in [0.15, 0.2) is 0 Å². The van der Waals surface area contributed by atoms with Crippen LogP contribution in [0.2, 0.25) is 0 Å². The number of halogens is 2. The molecule has 2 rings (SSSR count). The summed E-state index contributed by atoms with van der Waals surface area (Å²) in [6, 6.07) is 0. The van der Waals surface area contributed by atoms with E-state index in [-0.39, 0.29) is 5.41 Å². The van der Waals surface area contributed by atoms with E-state index in [1.807, 2.05) is 6.08 Å². The zero-order valence-corrected chi connectivity index (χ0v) is 9.41. The number of rotatable bonds is 2. The zero-order valence-electron chi connectivity index (χ0n) is 7.89. The van der Waals surface area contributed by atoms with Crippen LogP contribution in [0.15, 0.2) is 12.7 Å². The van der Waals surface area contributed by atoms with Crippen LogP contribution in [0.25, 0.3) is 0 Å². The van der Waals surface area contributed by atoms with Crippen LogP contribution < -0.4 is 0 Å². The van der Waals surface area contributed by atoms with Crippen LogP contribution in [-0.4, -0.2) is 28.9 Å². The van der Waals surface area contributed by atoms with Gasteiger partial charge in [-0.1, -0.05) is 13.0 Å². The first-order valence-corrected chi connectivity index (χ1v) is 5.49. The Bertz CT molecular complexity index is 239. The molecule has 0 aromatic carbocycles. The number of likely N-dealkylation sites (tertiary alicyclic amines) is 1. The minimum atomic E-state index is -0.469. The Balaban J connectivity index is 2.02. The maximum absolute atomic E-state index is 6.23. The molecule has 1 saturated carbocycles. The van der Waals surface area contributed by atoms with Crippen molar-refractivity contribution in [1.82, 2.24) is 4.90 Å². The lowest BCUT2D eigenvalue weighted by atomic mass is 9.98. The minimum absolute atomic E-state index is 0.174. The van der Waals surface area contributed by atoms with E-state index >= 15 is 0 Å². The van der Waals surface area contributed by atoms with Crippen LogP contribution in [-0.2, 0) is 0 Å². The van der Waals surface area contributed by atoms with Gasteiger partial charge in [-0.25, -0.2) is 0 Å². The molecule has 1 aliphatic heterocycles. The van der Waals surface area contributed by atoms with Gasteiger partial charge in [-0.2, -0.15) is 0 Å². The molecule has 0 radical (unpaired) electrons. The molecule has 0 amide bonds. The molecule has 2 fully saturated rings. The third-order valence-corrected chi connectivity index (χ3v) is 5.05. The molecule has 0 N–H and O–H groups in total. The Morgan fingerprint density at radius 3 is 2.85 bits per heavy atom. The largest absolute Gasteiger partial charge is 0.299 e. The Morgan fingerprint density at radius 1 is 1.62 bits per heavy atom. The molecule has 0 spiro atoms. The number of fused-ring (bicyclic) bond motifs is 1. The molecular weight excluding hydrogens is 205 g/mol. The number of hydrogen-bond acceptors (Lipinski definition) is 1. The van der Waals surface area contributed by atoms with Crippen molar-refractivity contribution >= 4 is 23.2 Å². The van der Waals surface area contributed by atoms with Crippen molar-refractivity contribution in [3.8, 4) is 0 Å². The molecule has 1 saturated heterocycles. The lowest BCUT2D eigenvalue weighted by Gasteiger charge is -2.27. The van der Waals surface area contributed by atoms with Crippen LogP contribution >= 0.6 is 23.2 Å². The van der Waals surface area contributed by atoms with E-state index < -0.39 is 4.33 Å². The van der Waals surface area contributed by atoms with E-state index in [4.69, 9.17) is 23.2 Å². The van der Waals surface area contributed by atoms with E-state index in [2.05, 4.69) is 18.4 Å². The van der Waals surface area contributed by atoms with Gasteiger partial charge >= 0.3 is 0 Å². The van der Waals surface area contributed by atoms with Crippen LogP contribution in [0.1, 0.15) is 13.3 Å². The van der Waals surface area contributed by atoms with Crippen LogP contribution in [0, 0.1) is 11.3 Å². The van der Waals surface area contributed by atoms with Crippen molar-refractivity contribution in [2.45, 2.75) is 17.7 Å². The SMILES string of the molecule is C=CCN1CCC2(C)C(C1)C2(Cl)Cl. The van der Waals surface area contributed by atoms with Gasteiger partial charge < -0.3 is 0 Å². The highest BCUT2D eigenvalue weighted by atomic mass is 35.5. The number of alkyl halides is 2. The molecule has 2 atom stereocenters. The summed E-state index contributed by atoms with van der Waals surface area (Å²) in [7, 11) is 0. The molecule has 3 heteroatoms. The number of piperidine rings is 1. The summed E-state index contributed by atoms with van der Waals surface area (Å²) in [6.07, 6.45) is 3.05. The standard InChI is InChI=1S/C10H15Cl2N/c1-3-5-13-6-4-9(2)8(7-13)10(9,11)12/h3,8H,1,4-7H2,2H3. The van der Waals surface area contributed by atoms with Crippen molar-refractivity contribution in [3.05, 3.63) is 12.7 Å². The predicted molar refractivity (Wildman–Crippen MR) is 57.3 cm³/mol. The fraction of sp³-hybridized carbons (Fsp3) is 0.800. The van der Waals surface area contributed by atoms with E-state index in [1.165, 1.54) is 0 Å². The van der Waals surface area contributed by atoms with E-state index in [9.17, 15) is 0 Å². The van der Waals surface area contributed by atoms with Crippen molar-refractivity contribution in [1.29, 1.82) is 0 Å². The molecule has 0 aromatic heterocycles. The summed E-state index contributed by atoms with van der Waals surface area (Å²) < 4.78 is -0.469. The van der Waals surface area contributed by atoms with Gasteiger partial charge in [-0.15, -0.1) is 29.8 Å². The predicted octanol–water partition coefficient (Wildman–Crippen LogP) is 2.69. The average Bonchev–Trinajstić information content (AvgIpc) is 2.50. The van der Waals surface area contributed by atoms with Gasteiger partial charge in [0.05, 0.1) is 0 Å². The number of hydrogen-bond donors (Lipinski definition) is 0. The van der Waals surface area contributed by atoms with E-state index in [0.717, 1.165) is 26.1 Å². The summed E-state index contributed by atoms with van der Waals surface area (Å²) in [5, 5.41) is 0.